The molecule has 1 aromatic carbocycles. The van der Waals surface area contributed by atoms with E-state index < -0.39 is 5.97 Å². The van der Waals surface area contributed by atoms with Gasteiger partial charge >= 0.3 is 5.97 Å². The van der Waals surface area contributed by atoms with E-state index in [0.29, 0.717) is 12.4 Å². The molecule has 0 atom stereocenters. The van der Waals surface area contributed by atoms with E-state index in [1.54, 1.807) is 6.07 Å². The number of phenols is 1. The van der Waals surface area contributed by atoms with Crippen LogP contribution in [0.2, 0.25) is 0 Å². The van der Waals surface area contributed by atoms with Crippen molar-refractivity contribution in [2.75, 3.05) is 13.7 Å². The van der Waals surface area contributed by atoms with Gasteiger partial charge in [0.25, 0.3) is 0 Å². The molecule has 2 rings (SSSR count). The standard InChI is InChI=1S/C10H10O4/c1-13-10(12)7-5-9-6(2-3-14-9)4-8(7)11/h4-5,11H,2-3H2,1H3. The number of phenolic OH excluding ortho intramolecular Hbond substituents is 1. The predicted molar refractivity (Wildman–Crippen MR) is 48.6 cm³/mol. The Morgan fingerprint density at radius 3 is 3.07 bits per heavy atom. The van der Waals surface area contributed by atoms with Gasteiger partial charge in [-0.05, 0) is 12.1 Å². The molecule has 1 aliphatic heterocycles. The van der Waals surface area contributed by atoms with Gasteiger partial charge in [0.05, 0.1) is 13.7 Å². The minimum atomic E-state index is -0.555. The number of esters is 1. The third kappa shape index (κ3) is 1.28. The molecule has 0 saturated heterocycles. The summed E-state index contributed by atoms with van der Waals surface area (Å²) >= 11 is 0. The first kappa shape index (κ1) is 8.87. The lowest BCUT2D eigenvalue weighted by Gasteiger charge is -2.05. The number of ether oxygens (including phenoxy) is 2. The highest BCUT2D eigenvalue weighted by Crippen LogP contribution is 2.32. The van der Waals surface area contributed by atoms with E-state index in [9.17, 15) is 9.90 Å². The van der Waals surface area contributed by atoms with Gasteiger partial charge in [-0.15, -0.1) is 0 Å². The van der Waals surface area contributed by atoms with Crippen LogP contribution in [0.15, 0.2) is 12.1 Å². The number of aromatic hydroxyl groups is 1. The van der Waals surface area contributed by atoms with Crippen LogP contribution in [-0.2, 0) is 11.2 Å². The summed E-state index contributed by atoms with van der Waals surface area (Å²) in [6.45, 7) is 0.597. The number of carbonyl (C=O) groups excluding carboxylic acids is 1. The molecule has 0 amide bonds. The van der Waals surface area contributed by atoms with Gasteiger partial charge in [0.2, 0.25) is 0 Å². The molecule has 0 aromatic heterocycles. The third-order valence-electron chi connectivity index (χ3n) is 2.21. The van der Waals surface area contributed by atoms with Crippen LogP contribution < -0.4 is 4.74 Å². The van der Waals surface area contributed by atoms with E-state index in [1.807, 2.05) is 0 Å². The molecular weight excluding hydrogens is 184 g/mol. The summed E-state index contributed by atoms with van der Waals surface area (Å²) in [5.41, 5.74) is 1.07. The monoisotopic (exact) mass is 194 g/mol. The lowest BCUT2D eigenvalue weighted by Crippen LogP contribution is -2.01. The molecule has 1 aliphatic rings. The Morgan fingerprint density at radius 1 is 1.57 bits per heavy atom. The van der Waals surface area contributed by atoms with Crippen LogP contribution >= 0.6 is 0 Å². The van der Waals surface area contributed by atoms with Crippen molar-refractivity contribution in [1.29, 1.82) is 0 Å². The van der Waals surface area contributed by atoms with Gasteiger partial charge in [0, 0.05) is 12.0 Å². The number of rotatable bonds is 1. The minimum absolute atomic E-state index is 0.0545. The fraction of sp³-hybridized carbons (Fsp3) is 0.300. The maximum atomic E-state index is 11.2. The van der Waals surface area contributed by atoms with Gasteiger partial charge < -0.3 is 14.6 Å². The average molecular weight is 194 g/mol. The van der Waals surface area contributed by atoms with Gasteiger partial charge in [-0.25, -0.2) is 4.79 Å². The molecule has 0 fully saturated rings. The summed E-state index contributed by atoms with van der Waals surface area (Å²) in [7, 11) is 1.27. The molecule has 0 spiro atoms. The number of hydrogen-bond donors (Lipinski definition) is 1. The van der Waals surface area contributed by atoms with Crippen molar-refractivity contribution in [2.24, 2.45) is 0 Å². The number of hydrogen-bond acceptors (Lipinski definition) is 4. The van der Waals surface area contributed by atoms with E-state index in [0.717, 1.165) is 12.0 Å². The second-order valence-electron chi connectivity index (χ2n) is 3.07. The predicted octanol–water partition coefficient (Wildman–Crippen LogP) is 1.11. The summed E-state index contributed by atoms with van der Waals surface area (Å²) in [5, 5.41) is 9.52. The van der Waals surface area contributed by atoms with Crippen molar-refractivity contribution in [2.45, 2.75) is 6.42 Å². The molecule has 4 heteroatoms. The first-order valence-corrected chi connectivity index (χ1v) is 4.29. The van der Waals surface area contributed by atoms with Crippen LogP contribution in [0.5, 0.6) is 11.5 Å². The zero-order chi connectivity index (χ0) is 10.1. The molecule has 1 aromatic rings. The van der Waals surface area contributed by atoms with Crippen LogP contribution in [-0.4, -0.2) is 24.8 Å². The first-order valence-electron chi connectivity index (χ1n) is 4.29. The van der Waals surface area contributed by atoms with Gasteiger partial charge in [-0.1, -0.05) is 0 Å². The Bertz CT molecular complexity index is 384. The number of fused-ring (bicyclic) bond motifs is 1. The van der Waals surface area contributed by atoms with Crippen LogP contribution in [0.25, 0.3) is 0 Å². The molecule has 0 aliphatic carbocycles. The van der Waals surface area contributed by atoms with Crippen molar-refractivity contribution < 1.29 is 19.4 Å². The maximum Gasteiger partial charge on any atom is 0.341 e. The Hall–Kier alpha value is -1.71. The van der Waals surface area contributed by atoms with Crippen LogP contribution in [0.3, 0.4) is 0 Å². The molecule has 0 saturated carbocycles. The normalized spacial score (nSPS) is 13.2. The van der Waals surface area contributed by atoms with E-state index in [2.05, 4.69) is 4.74 Å². The van der Waals surface area contributed by atoms with Gasteiger partial charge in [0.15, 0.2) is 0 Å². The molecule has 1 heterocycles. The Kier molecular flexibility index (Phi) is 2.04. The zero-order valence-electron chi connectivity index (χ0n) is 7.74. The summed E-state index contributed by atoms with van der Waals surface area (Å²) < 4.78 is 9.79. The first-order chi connectivity index (χ1) is 6.72. The molecule has 1 N–H and O–H groups in total. The summed E-state index contributed by atoms with van der Waals surface area (Å²) in [6, 6.07) is 3.07. The Morgan fingerprint density at radius 2 is 2.36 bits per heavy atom. The van der Waals surface area contributed by atoms with E-state index in [-0.39, 0.29) is 11.3 Å². The highest BCUT2D eigenvalue weighted by Gasteiger charge is 2.19. The topological polar surface area (TPSA) is 55.8 Å². The fourth-order valence-corrected chi connectivity index (χ4v) is 1.49. The summed E-state index contributed by atoms with van der Waals surface area (Å²) in [6.07, 6.45) is 0.768. The second kappa shape index (κ2) is 3.21. The molecule has 74 valence electrons. The van der Waals surface area contributed by atoms with E-state index >= 15 is 0 Å². The number of benzene rings is 1. The minimum Gasteiger partial charge on any atom is -0.507 e. The Balaban J connectivity index is 2.47. The molecule has 0 radical (unpaired) electrons. The molecule has 0 bridgehead atoms. The van der Waals surface area contributed by atoms with Gasteiger partial charge in [-0.3, -0.25) is 0 Å². The summed E-state index contributed by atoms with van der Waals surface area (Å²) in [4.78, 5) is 11.2. The van der Waals surface area contributed by atoms with Crippen LogP contribution in [0.1, 0.15) is 15.9 Å². The van der Waals surface area contributed by atoms with Crippen molar-refractivity contribution >= 4 is 5.97 Å². The van der Waals surface area contributed by atoms with Gasteiger partial charge in [0.1, 0.15) is 17.1 Å². The molecule has 14 heavy (non-hydrogen) atoms. The maximum absolute atomic E-state index is 11.2. The SMILES string of the molecule is COC(=O)c1cc2c(cc1O)CCO2. The van der Waals surface area contributed by atoms with Crippen molar-refractivity contribution in [3.63, 3.8) is 0 Å². The van der Waals surface area contributed by atoms with Crippen molar-refractivity contribution in [3.8, 4) is 11.5 Å². The second-order valence-corrected chi connectivity index (χ2v) is 3.07. The van der Waals surface area contributed by atoms with Crippen molar-refractivity contribution in [1.82, 2.24) is 0 Å². The van der Waals surface area contributed by atoms with Crippen LogP contribution in [0.4, 0.5) is 0 Å². The third-order valence-corrected chi connectivity index (χ3v) is 2.21. The van der Waals surface area contributed by atoms with E-state index in [4.69, 9.17) is 4.74 Å². The smallest absolute Gasteiger partial charge is 0.341 e. The Labute approximate surface area is 81.1 Å². The molecule has 0 unspecified atom stereocenters. The molecular formula is C10H10O4. The van der Waals surface area contributed by atoms with Crippen molar-refractivity contribution in [3.05, 3.63) is 23.3 Å². The van der Waals surface area contributed by atoms with Crippen LogP contribution in [0, 0.1) is 0 Å². The number of methoxy groups -OCH3 is 1. The highest BCUT2D eigenvalue weighted by molar-refractivity contribution is 5.93. The van der Waals surface area contributed by atoms with E-state index in [1.165, 1.54) is 13.2 Å². The lowest BCUT2D eigenvalue weighted by molar-refractivity contribution is 0.0597. The van der Waals surface area contributed by atoms with Gasteiger partial charge in [-0.2, -0.15) is 0 Å². The quantitative estimate of drug-likeness (QED) is 0.680. The molecule has 4 nitrogen and oxygen atoms in total. The largest absolute Gasteiger partial charge is 0.507 e. The average Bonchev–Trinajstić information content (AvgIpc) is 2.62. The highest BCUT2D eigenvalue weighted by atomic mass is 16.5. The fourth-order valence-electron chi connectivity index (χ4n) is 1.49. The lowest BCUT2D eigenvalue weighted by atomic mass is 10.1. The number of carbonyl (C=O) groups is 1. The summed E-state index contributed by atoms with van der Waals surface area (Å²) in [5.74, 6) is 0.0464. The zero-order valence-corrected chi connectivity index (χ0v) is 7.74.